The molecule has 4 N–H and O–H groups in total. The maximum absolute atomic E-state index is 14.5. The highest BCUT2D eigenvalue weighted by molar-refractivity contribution is 7.13. The number of aliphatic hydroxyl groups excluding tert-OH is 1. The Labute approximate surface area is 277 Å². The molecule has 47 heavy (non-hydrogen) atoms. The summed E-state index contributed by atoms with van der Waals surface area (Å²) in [5.41, 5.74) is 1.94. The number of carbonyl (C=O) groups is 4. The number of halogens is 1. The number of anilines is 1. The molecule has 1 aromatic heterocycles. The lowest BCUT2D eigenvalue weighted by Gasteiger charge is -2.25. The summed E-state index contributed by atoms with van der Waals surface area (Å²) in [6, 6.07) is 10.6. The van der Waals surface area contributed by atoms with E-state index >= 15 is 0 Å². The van der Waals surface area contributed by atoms with Crippen LogP contribution in [0, 0.1) is 36.9 Å². The van der Waals surface area contributed by atoms with Gasteiger partial charge in [0.2, 0.25) is 11.8 Å². The van der Waals surface area contributed by atoms with E-state index in [2.05, 4.69) is 20.9 Å². The zero-order valence-electron chi connectivity index (χ0n) is 27.1. The van der Waals surface area contributed by atoms with Crippen molar-refractivity contribution < 1.29 is 28.7 Å². The van der Waals surface area contributed by atoms with Crippen molar-refractivity contribution in [2.24, 2.45) is 5.92 Å². The van der Waals surface area contributed by atoms with Crippen LogP contribution < -0.4 is 20.9 Å². The van der Waals surface area contributed by atoms with Crippen LogP contribution in [0.2, 0.25) is 0 Å². The summed E-state index contributed by atoms with van der Waals surface area (Å²) in [5.74, 6) is -3.11. The van der Waals surface area contributed by atoms with Gasteiger partial charge >= 0.3 is 0 Å². The molecule has 3 aromatic rings. The van der Waals surface area contributed by atoms with Gasteiger partial charge in [-0.3, -0.25) is 19.2 Å². The number of benzene rings is 2. The maximum Gasteiger partial charge on any atom is 0.268 e. The fraction of sp³-hybridized carbons (Fsp3) is 0.353. The van der Waals surface area contributed by atoms with Crippen molar-refractivity contribution in [1.82, 2.24) is 20.9 Å². The first kappa shape index (κ1) is 36.5. The second-order valence-corrected chi connectivity index (χ2v) is 12.7. The molecule has 248 valence electrons. The Bertz CT molecular complexity index is 1700. The largest absolute Gasteiger partial charge is 0.391 e. The molecule has 0 saturated heterocycles. The van der Waals surface area contributed by atoms with Crippen molar-refractivity contribution >= 4 is 40.7 Å². The van der Waals surface area contributed by atoms with Crippen LogP contribution in [0.25, 0.3) is 0 Å². The Morgan fingerprint density at radius 3 is 2.40 bits per heavy atom. The van der Waals surface area contributed by atoms with E-state index in [1.807, 2.05) is 19.9 Å². The van der Waals surface area contributed by atoms with Gasteiger partial charge in [-0.05, 0) is 56.0 Å². The predicted octanol–water partition coefficient (Wildman–Crippen LogP) is 3.49. The molecule has 11 nitrogen and oxygen atoms in total. The minimum absolute atomic E-state index is 0.0135. The molecule has 0 spiro atoms. The molecule has 1 heterocycles. The minimum Gasteiger partial charge on any atom is -0.391 e. The number of hydrogen-bond donors (Lipinski definition) is 4. The van der Waals surface area contributed by atoms with Gasteiger partial charge in [-0.2, -0.15) is 5.26 Å². The average Bonchev–Trinajstić information content (AvgIpc) is 3.46. The number of nitriles is 1. The lowest BCUT2D eigenvalue weighted by atomic mass is 10.0. The molecule has 0 aliphatic rings. The fourth-order valence-corrected chi connectivity index (χ4v) is 5.25. The Balaban J connectivity index is 1.88. The maximum atomic E-state index is 14.5. The van der Waals surface area contributed by atoms with Gasteiger partial charge < -0.3 is 26.0 Å². The van der Waals surface area contributed by atoms with E-state index < -0.39 is 47.6 Å². The van der Waals surface area contributed by atoms with Crippen LogP contribution >= 0.6 is 11.3 Å². The van der Waals surface area contributed by atoms with Crippen LogP contribution in [-0.2, 0) is 27.3 Å². The number of carbonyl (C=O) groups excluding carboxylic acids is 4. The summed E-state index contributed by atoms with van der Waals surface area (Å²) in [7, 11) is 1.52. The molecule has 0 bridgehead atoms. The van der Waals surface area contributed by atoms with E-state index in [9.17, 15) is 33.9 Å². The highest BCUT2D eigenvalue weighted by atomic mass is 32.1. The summed E-state index contributed by atoms with van der Waals surface area (Å²) in [5, 5.41) is 28.3. The van der Waals surface area contributed by atoms with Crippen molar-refractivity contribution in [3.63, 3.8) is 0 Å². The molecule has 3 atom stereocenters. The van der Waals surface area contributed by atoms with E-state index in [0.717, 1.165) is 11.3 Å². The SMILES string of the molecule is Cc1ccc(CNC(=O)[C@H](Cc2cccc(N(C)C(=O)C(C#N)=CC(C)C)c2)NC(=O)[C@@H](NC(=O)c2cnc(C)s2)[C@@H](C)O)c(F)c1. The highest BCUT2D eigenvalue weighted by Crippen LogP contribution is 2.19. The van der Waals surface area contributed by atoms with E-state index in [4.69, 9.17) is 0 Å². The number of aryl methyl sites for hydroxylation is 2. The van der Waals surface area contributed by atoms with Gasteiger partial charge in [0, 0.05) is 31.3 Å². The van der Waals surface area contributed by atoms with Crippen molar-refractivity contribution in [2.75, 3.05) is 11.9 Å². The van der Waals surface area contributed by atoms with Gasteiger partial charge in [0.25, 0.3) is 11.8 Å². The van der Waals surface area contributed by atoms with Gasteiger partial charge in [0.1, 0.15) is 34.4 Å². The third-order valence-corrected chi connectivity index (χ3v) is 8.00. The number of hydrogen-bond acceptors (Lipinski definition) is 8. The van der Waals surface area contributed by atoms with Gasteiger partial charge in [-0.25, -0.2) is 9.37 Å². The number of allylic oxidation sites excluding steroid dienone is 1. The third-order valence-electron chi connectivity index (χ3n) is 7.08. The Kier molecular flexibility index (Phi) is 12.9. The molecule has 0 unspecified atom stereocenters. The van der Waals surface area contributed by atoms with E-state index in [1.165, 1.54) is 31.1 Å². The van der Waals surface area contributed by atoms with E-state index in [0.29, 0.717) is 21.8 Å². The Morgan fingerprint density at radius 2 is 1.81 bits per heavy atom. The van der Waals surface area contributed by atoms with Crippen LogP contribution in [0.3, 0.4) is 0 Å². The Morgan fingerprint density at radius 1 is 1.09 bits per heavy atom. The summed E-state index contributed by atoms with van der Waals surface area (Å²) in [6.07, 6.45) is 1.54. The molecule has 13 heteroatoms. The van der Waals surface area contributed by atoms with E-state index in [-0.39, 0.29) is 34.9 Å². The van der Waals surface area contributed by atoms with Crippen molar-refractivity contribution in [2.45, 2.75) is 65.8 Å². The monoisotopic (exact) mass is 662 g/mol. The summed E-state index contributed by atoms with van der Waals surface area (Å²) < 4.78 is 14.5. The second-order valence-electron chi connectivity index (χ2n) is 11.5. The zero-order valence-corrected chi connectivity index (χ0v) is 27.9. The number of thiazole rings is 1. The quantitative estimate of drug-likeness (QED) is 0.161. The first-order chi connectivity index (χ1) is 22.2. The molecule has 0 aliphatic carbocycles. The number of aliphatic hydroxyl groups is 1. The van der Waals surface area contributed by atoms with Gasteiger partial charge in [0.15, 0.2) is 0 Å². The second kappa shape index (κ2) is 16.6. The first-order valence-electron chi connectivity index (χ1n) is 14.9. The zero-order chi connectivity index (χ0) is 34.8. The summed E-state index contributed by atoms with van der Waals surface area (Å²) in [4.78, 5) is 58.4. The Hall–Kier alpha value is -4.93. The molecule has 4 amide bonds. The van der Waals surface area contributed by atoms with Crippen LogP contribution in [0.4, 0.5) is 10.1 Å². The number of nitrogens with one attached hydrogen (secondary N) is 3. The molecule has 0 radical (unpaired) electrons. The summed E-state index contributed by atoms with van der Waals surface area (Å²) in [6.45, 7) is 8.34. The average molecular weight is 663 g/mol. The predicted molar refractivity (Wildman–Crippen MR) is 177 cm³/mol. The van der Waals surface area contributed by atoms with Crippen molar-refractivity contribution in [1.29, 1.82) is 5.26 Å². The van der Waals surface area contributed by atoms with Crippen molar-refractivity contribution in [3.8, 4) is 6.07 Å². The fourth-order valence-electron chi connectivity index (χ4n) is 4.57. The highest BCUT2D eigenvalue weighted by Gasteiger charge is 2.31. The van der Waals surface area contributed by atoms with Gasteiger partial charge in [-0.15, -0.1) is 11.3 Å². The number of amides is 4. The normalized spacial score (nSPS) is 13.2. The number of aromatic nitrogens is 1. The first-order valence-corrected chi connectivity index (χ1v) is 15.7. The lowest BCUT2D eigenvalue weighted by molar-refractivity contribution is -0.131. The number of rotatable bonds is 13. The van der Waals surface area contributed by atoms with Crippen LogP contribution in [-0.4, -0.2) is 59.0 Å². The number of nitrogens with zero attached hydrogens (tertiary/aromatic N) is 3. The molecule has 2 aromatic carbocycles. The van der Waals surface area contributed by atoms with Crippen LogP contribution in [0.15, 0.2) is 60.3 Å². The van der Waals surface area contributed by atoms with Gasteiger partial charge in [0.05, 0.1) is 17.3 Å². The molecular formula is C34H39FN6O5S. The van der Waals surface area contributed by atoms with Crippen LogP contribution in [0.5, 0.6) is 0 Å². The summed E-state index contributed by atoms with van der Waals surface area (Å²) >= 11 is 1.12. The molecule has 0 saturated carbocycles. The molecule has 3 rings (SSSR count). The number of likely N-dealkylation sites (N-methyl/N-ethyl adjacent to an activating group) is 1. The molecular weight excluding hydrogens is 623 g/mol. The van der Waals surface area contributed by atoms with Crippen LogP contribution in [0.1, 0.15) is 52.1 Å². The lowest BCUT2D eigenvalue weighted by Crippen LogP contribution is -2.57. The standard InChI is InChI=1S/C34H39FN6O5S/c1-19(2)12-25(16-36)34(46)41(6)26-9-7-8-23(14-26)15-28(31(43)38-17-24-11-10-20(3)13-27(24)35)39-33(45)30(21(4)42)40-32(44)29-18-37-22(5)47-29/h7-14,18-19,21,28,30,42H,15,17H2,1-6H3,(H,38,43)(H,39,45)(H,40,44)/t21-,28+,30+/m1/s1. The van der Waals surface area contributed by atoms with Crippen molar-refractivity contribution in [3.05, 3.63) is 92.7 Å². The third kappa shape index (κ3) is 10.3. The topological polar surface area (TPSA) is 165 Å². The molecule has 0 aliphatic heterocycles. The van der Waals surface area contributed by atoms with E-state index in [1.54, 1.807) is 56.3 Å². The molecule has 0 fully saturated rings. The smallest absolute Gasteiger partial charge is 0.268 e. The van der Waals surface area contributed by atoms with Gasteiger partial charge in [-0.1, -0.05) is 44.2 Å². The minimum atomic E-state index is -1.41.